The molecule has 0 aromatic carbocycles. The summed E-state index contributed by atoms with van der Waals surface area (Å²) in [6.45, 7) is 125. The number of likely N-dealkylation sites (tertiary alicyclic amines) is 3. The Balaban J connectivity index is -0.000000278. The number of carbonyl (C=O) groups is 1. The number of aromatic nitrogens is 2. The largest absolute Gasteiger partial charge is 0.381 e. The van der Waals surface area contributed by atoms with Crippen LogP contribution in [0.2, 0.25) is 0 Å². The summed E-state index contributed by atoms with van der Waals surface area (Å²) in [6, 6.07) is 4.16. The highest BCUT2D eigenvalue weighted by Crippen LogP contribution is 2.28. The Morgan fingerprint density at radius 2 is 0.681 bits per heavy atom. The molecule has 3 saturated heterocycles. The summed E-state index contributed by atoms with van der Waals surface area (Å²) < 4.78 is 21.4. The van der Waals surface area contributed by atoms with Gasteiger partial charge in [-0.05, 0) is 263 Å². The van der Waals surface area contributed by atoms with Gasteiger partial charge in [0, 0.05) is 97.1 Å². The van der Waals surface area contributed by atoms with E-state index in [1.165, 1.54) is 245 Å². The first kappa shape index (κ1) is 152. The molecule has 2 atom stereocenters. The van der Waals surface area contributed by atoms with Gasteiger partial charge in [0.15, 0.2) is 0 Å². The standard InChI is InChI=1S/C13H27N.2C12H26.2C11H19NO.C11H23N.C11H24.C10H21NO.2C10H22O.C10H22.C9H19N/c1-11(2)7-9-14-8-5-6-13(10-14)12(3)4;1-10(2)8-6-7-9-12(5)11(3)4;1-11(2)9-7-5-6-8-10-12(3)4;1-8(2)5-10-7-11(13-12-10)6-9(3)4;1-8(2)5-6-10-7-11(9(3)4)12-13-10;1-9(2)5-6-12-7-11(8-12)10(3)4;1-10(2)8-6-5-7-9-11(3)4;1-8(2)5-6-11-10(12)7-9(3)4;1-9(2)5-7-11-8-6-10(3)4;1-9(2)6-5-7-11-8-10(3)4;1-9(2)7-5-6-8-10(3)4;1-8(2)4-5-10-6-9(3)7-10/h11-13H,5-10H2,1-4H3;10-12H,6-9H2,1-5H3;11-12H,5-10H2,1-4H3;2*7-9H,5-6H2,1-4H3;9-11H,5-8H2,1-4H3;10-11H,5-9H2,1-4H3;8-9H,5-7H2,1-4H3,(H,11,12);2*9-10H,5-8H2,1-4H3;9-10H,5-8H2,1-4H3;8-9H,4-7H2,1-3H3. The maximum Gasteiger partial charge on any atom is 0.220 e. The van der Waals surface area contributed by atoms with E-state index in [9.17, 15) is 4.79 Å². The van der Waals surface area contributed by atoms with E-state index in [2.05, 4.69) is 375 Å². The molecule has 2 aromatic heterocycles. The van der Waals surface area contributed by atoms with Crippen molar-refractivity contribution in [2.24, 2.45) is 154 Å². The van der Waals surface area contributed by atoms with Gasteiger partial charge >= 0.3 is 0 Å². The van der Waals surface area contributed by atoms with E-state index in [-0.39, 0.29) is 5.91 Å². The summed E-state index contributed by atoms with van der Waals surface area (Å²) in [5, 5.41) is 11.0. The predicted octanol–water partition coefficient (Wildman–Crippen LogP) is 40.1. The number of nitrogens with zero attached hydrogens (tertiary/aromatic N) is 5. The number of ether oxygens (including phenoxy) is 2. The number of hydrogen-bond donors (Lipinski definition) is 1. The summed E-state index contributed by atoms with van der Waals surface area (Å²) in [5.74, 6) is 24.2. The van der Waals surface area contributed by atoms with Gasteiger partial charge in [0.2, 0.25) is 5.91 Å². The molecule has 1 amide bonds. The number of aryl methyl sites for hydroxylation is 1. The van der Waals surface area contributed by atoms with Gasteiger partial charge in [0.25, 0.3) is 0 Å². The molecule has 3 fully saturated rings. The average molecular weight is 2000 g/mol. The van der Waals surface area contributed by atoms with Crippen molar-refractivity contribution in [2.45, 2.75) is 557 Å². The Labute approximate surface area is 891 Å². The molecule has 0 aliphatic carbocycles. The van der Waals surface area contributed by atoms with Gasteiger partial charge in [-0.15, -0.1) is 0 Å². The second-order valence-electron chi connectivity index (χ2n) is 53.7. The van der Waals surface area contributed by atoms with Crippen LogP contribution >= 0.6 is 0 Å². The molecule has 2 aromatic rings. The second-order valence-corrected chi connectivity index (χ2v) is 53.7. The van der Waals surface area contributed by atoms with Crippen LogP contribution in [0.4, 0.5) is 0 Å². The Bertz CT molecular complexity index is 2620. The van der Waals surface area contributed by atoms with E-state index in [0.29, 0.717) is 41.9 Å². The van der Waals surface area contributed by atoms with E-state index in [1.54, 1.807) is 0 Å². The van der Waals surface area contributed by atoms with Crippen molar-refractivity contribution >= 4 is 5.91 Å². The van der Waals surface area contributed by atoms with Crippen molar-refractivity contribution < 1.29 is 23.3 Å². The zero-order valence-electron chi connectivity index (χ0n) is 106. The lowest BCUT2D eigenvalue weighted by Gasteiger charge is -2.42. The lowest BCUT2D eigenvalue weighted by Crippen LogP contribution is -2.49. The second kappa shape index (κ2) is 101. The molecule has 0 radical (unpaired) electrons. The molecule has 5 heterocycles. The third-order valence-corrected chi connectivity index (χ3v) is 26.4. The first-order valence-corrected chi connectivity index (χ1v) is 61.2. The quantitative estimate of drug-likeness (QED) is 0.0643. The lowest BCUT2D eigenvalue weighted by molar-refractivity contribution is -0.121. The van der Waals surface area contributed by atoms with Crippen molar-refractivity contribution in [1.29, 1.82) is 0 Å². The first-order chi connectivity index (χ1) is 65.7. The number of rotatable bonds is 60. The Morgan fingerprint density at radius 3 is 1.02 bits per heavy atom. The minimum absolute atomic E-state index is 0.186. The summed E-state index contributed by atoms with van der Waals surface area (Å²) in [5.41, 5.74) is 2.16. The first-order valence-electron chi connectivity index (χ1n) is 61.2. The molecule has 2 unspecified atom stereocenters. The number of amides is 1. The molecule has 141 heavy (non-hydrogen) atoms. The maximum absolute atomic E-state index is 11.1. The highest BCUT2D eigenvalue weighted by atomic mass is 16.5. The molecule has 0 saturated carbocycles. The molecule has 850 valence electrons. The maximum atomic E-state index is 11.1. The Hall–Kier alpha value is -2.31. The highest BCUT2D eigenvalue weighted by molar-refractivity contribution is 5.76. The van der Waals surface area contributed by atoms with Gasteiger partial charge in [-0.3, -0.25) is 4.79 Å². The van der Waals surface area contributed by atoms with Gasteiger partial charge in [-0.2, -0.15) is 0 Å². The van der Waals surface area contributed by atoms with Gasteiger partial charge in [0.1, 0.15) is 11.5 Å². The van der Waals surface area contributed by atoms with Crippen LogP contribution in [-0.2, 0) is 33.5 Å². The molecule has 1 N–H and O–H groups in total. The molecular weight excluding hydrogens is 1730 g/mol. The average Bonchev–Trinajstić information content (AvgIpc) is 1.23. The van der Waals surface area contributed by atoms with E-state index in [1.807, 2.05) is 0 Å². The molecule has 0 bridgehead atoms. The van der Waals surface area contributed by atoms with Gasteiger partial charge in [-0.1, -0.05) is 465 Å². The number of carbonyl (C=O) groups excluding carboxylic acids is 1. The summed E-state index contributed by atoms with van der Waals surface area (Å²) >= 11 is 0. The van der Waals surface area contributed by atoms with Crippen molar-refractivity contribution in [3.63, 3.8) is 0 Å². The van der Waals surface area contributed by atoms with Crippen molar-refractivity contribution in [1.82, 2.24) is 30.3 Å². The van der Waals surface area contributed by atoms with Gasteiger partial charge < -0.3 is 38.5 Å². The van der Waals surface area contributed by atoms with E-state index in [4.69, 9.17) is 18.5 Å². The Morgan fingerprint density at radius 1 is 0.333 bits per heavy atom. The van der Waals surface area contributed by atoms with Gasteiger partial charge in [-0.25, -0.2) is 0 Å². The molecule has 11 nitrogen and oxygen atoms in total. The number of unbranched alkanes of at least 4 members (excludes halogenated alkanes) is 7. The van der Waals surface area contributed by atoms with E-state index < -0.39 is 0 Å². The fourth-order valence-corrected chi connectivity index (χ4v) is 15.7. The third-order valence-electron chi connectivity index (χ3n) is 26.4. The minimum Gasteiger partial charge on any atom is -0.381 e. The lowest BCUT2D eigenvalue weighted by atomic mass is 9.88. The van der Waals surface area contributed by atoms with E-state index in [0.717, 1.165) is 206 Å². The minimum atomic E-state index is 0.186. The number of hydrogen-bond acceptors (Lipinski definition) is 10. The van der Waals surface area contributed by atoms with Crippen molar-refractivity contribution in [3.05, 3.63) is 35.0 Å². The zero-order valence-corrected chi connectivity index (χ0v) is 106. The molecule has 3 aliphatic heterocycles. The van der Waals surface area contributed by atoms with Crippen LogP contribution in [0.1, 0.15) is 560 Å². The third kappa shape index (κ3) is 125. The summed E-state index contributed by atoms with van der Waals surface area (Å²) in [4.78, 5) is 18.9. The van der Waals surface area contributed by atoms with Crippen molar-refractivity contribution in [2.75, 3.05) is 91.9 Å². The van der Waals surface area contributed by atoms with Crippen LogP contribution < -0.4 is 5.32 Å². The summed E-state index contributed by atoms with van der Waals surface area (Å²) in [6.07, 6.45) is 44.9. The van der Waals surface area contributed by atoms with Crippen LogP contribution in [0.15, 0.2) is 21.2 Å². The van der Waals surface area contributed by atoms with Crippen LogP contribution in [0.3, 0.4) is 0 Å². The summed E-state index contributed by atoms with van der Waals surface area (Å²) in [7, 11) is 0. The normalized spacial score (nSPS) is 14.5. The van der Waals surface area contributed by atoms with Crippen LogP contribution in [0.5, 0.6) is 0 Å². The van der Waals surface area contributed by atoms with Gasteiger partial charge in [0.05, 0.1) is 11.4 Å². The SMILES string of the molecule is CC(C)CCCCC(C)C.CC(C)CCCCC(C)C(C)C.CC(C)CCCCCC(C)C.CC(C)CCCCCCC(C)C.CC(C)CCCOCC(C)C.CC(C)CCN1CC(C(C)C)C1.CC(C)CCN1CC(C)C1.CC(C)CCN1CCCC(C(C)C)C1.CC(C)CCNC(=O)CC(C)C.CC(C)CCOCCC(C)C.CC(C)CCc1cc(C(C)C)no1.CC(C)Cc1cc(CC(C)C)on1. The predicted molar refractivity (Wildman–Crippen MR) is 637 cm³/mol. The fourth-order valence-electron chi connectivity index (χ4n) is 15.7. The van der Waals surface area contributed by atoms with Crippen LogP contribution in [0.25, 0.3) is 0 Å². The number of piperidine rings is 1. The van der Waals surface area contributed by atoms with Crippen LogP contribution in [-0.4, -0.2) is 123 Å². The smallest absolute Gasteiger partial charge is 0.220 e. The van der Waals surface area contributed by atoms with Crippen LogP contribution in [0, 0.1) is 154 Å². The fraction of sp³-hybridized carbons (Fsp3) is 0.946. The van der Waals surface area contributed by atoms with Crippen molar-refractivity contribution in [3.8, 4) is 0 Å². The highest BCUT2D eigenvalue weighted by Gasteiger charge is 2.29. The monoisotopic (exact) mass is 2000 g/mol. The molecular formula is C130H270N6O5. The zero-order chi connectivity index (χ0) is 110. The molecule has 3 aliphatic rings. The number of nitrogens with one attached hydrogen (secondary N) is 1. The molecule has 5 rings (SSSR count). The topological polar surface area (TPSA) is 109 Å². The molecule has 11 heteroatoms. The van der Waals surface area contributed by atoms with E-state index >= 15 is 0 Å². The Kier molecular flexibility index (Phi) is 108. The molecule has 0 spiro atoms.